The summed E-state index contributed by atoms with van der Waals surface area (Å²) in [5.74, 6) is 0. The summed E-state index contributed by atoms with van der Waals surface area (Å²) in [6, 6.07) is 15.9. The van der Waals surface area contributed by atoms with Crippen LogP contribution in [-0.4, -0.2) is 0 Å². The van der Waals surface area contributed by atoms with E-state index in [-0.39, 0.29) is 5.41 Å². The Morgan fingerprint density at radius 2 is 1.58 bits per heavy atom. The highest BCUT2D eigenvalue weighted by atomic mass is 14.2. The van der Waals surface area contributed by atoms with E-state index in [4.69, 9.17) is 0 Å². The van der Waals surface area contributed by atoms with Crippen molar-refractivity contribution in [2.45, 2.75) is 52.4 Å². The van der Waals surface area contributed by atoms with Crippen LogP contribution < -0.4 is 0 Å². The Labute approximate surface area is 159 Å². The van der Waals surface area contributed by atoms with Crippen LogP contribution in [0.3, 0.4) is 0 Å². The second-order valence-electron chi connectivity index (χ2n) is 8.17. The molecule has 0 bridgehead atoms. The van der Waals surface area contributed by atoms with Crippen molar-refractivity contribution in [2.75, 3.05) is 0 Å². The Morgan fingerprint density at radius 1 is 0.885 bits per heavy atom. The summed E-state index contributed by atoms with van der Waals surface area (Å²) in [7, 11) is 0. The monoisotopic (exact) mass is 342 g/mol. The average molecular weight is 343 g/mol. The molecule has 0 aromatic heterocycles. The average Bonchev–Trinajstić information content (AvgIpc) is 3.13. The molecule has 0 nitrogen and oxygen atoms in total. The summed E-state index contributed by atoms with van der Waals surface area (Å²) >= 11 is 0. The molecule has 1 aliphatic rings. The lowest BCUT2D eigenvalue weighted by Crippen LogP contribution is -2.10. The van der Waals surface area contributed by atoms with Crippen molar-refractivity contribution in [2.24, 2.45) is 0 Å². The maximum Gasteiger partial charge on any atom is -0.0108 e. The zero-order valence-corrected chi connectivity index (χ0v) is 16.5. The SMILES string of the molecule is CCCCc1cccc(-c2ccc(C(C)(C)C)cc2)c1C=C1C=CC=C1. The van der Waals surface area contributed by atoms with Gasteiger partial charge in [-0.15, -0.1) is 0 Å². The number of aryl methyl sites for hydroxylation is 1. The molecule has 0 saturated carbocycles. The van der Waals surface area contributed by atoms with E-state index >= 15 is 0 Å². The highest BCUT2D eigenvalue weighted by molar-refractivity contribution is 5.80. The van der Waals surface area contributed by atoms with E-state index in [1.807, 2.05) is 0 Å². The van der Waals surface area contributed by atoms with E-state index < -0.39 is 0 Å². The maximum atomic E-state index is 2.35. The zero-order chi connectivity index (χ0) is 18.6. The van der Waals surface area contributed by atoms with Crippen LogP contribution in [0.5, 0.6) is 0 Å². The van der Waals surface area contributed by atoms with Gasteiger partial charge in [0.05, 0.1) is 0 Å². The number of allylic oxidation sites excluding steroid dienone is 5. The first-order valence-corrected chi connectivity index (χ1v) is 9.78. The Bertz CT molecular complexity index is 823. The van der Waals surface area contributed by atoms with E-state index in [1.165, 1.54) is 46.2 Å². The van der Waals surface area contributed by atoms with Crippen LogP contribution in [0, 0.1) is 0 Å². The summed E-state index contributed by atoms with van der Waals surface area (Å²) in [6.07, 6.45) is 14.5. The first-order valence-electron chi connectivity index (χ1n) is 9.78. The fourth-order valence-electron chi connectivity index (χ4n) is 3.42. The summed E-state index contributed by atoms with van der Waals surface area (Å²) in [4.78, 5) is 0. The van der Waals surface area contributed by atoms with Crippen LogP contribution in [0.2, 0.25) is 0 Å². The fraction of sp³-hybridized carbons (Fsp3) is 0.308. The molecule has 0 unspecified atom stereocenters. The molecule has 0 heterocycles. The first kappa shape index (κ1) is 18.5. The molecule has 0 radical (unpaired) electrons. The van der Waals surface area contributed by atoms with Crippen LogP contribution in [0.25, 0.3) is 17.2 Å². The molecule has 0 amide bonds. The molecule has 2 aromatic carbocycles. The van der Waals surface area contributed by atoms with Crippen molar-refractivity contribution in [1.82, 2.24) is 0 Å². The van der Waals surface area contributed by atoms with Gasteiger partial charge in [-0.1, -0.05) is 101 Å². The van der Waals surface area contributed by atoms with Gasteiger partial charge in [0.25, 0.3) is 0 Å². The van der Waals surface area contributed by atoms with E-state index in [0.29, 0.717) is 0 Å². The smallest absolute Gasteiger partial charge is 0.0108 e. The normalized spacial score (nSPS) is 13.5. The Kier molecular flexibility index (Phi) is 5.61. The quantitative estimate of drug-likeness (QED) is 0.527. The number of benzene rings is 2. The van der Waals surface area contributed by atoms with Crippen LogP contribution in [0.4, 0.5) is 0 Å². The van der Waals surface area contributed by atoms with Gasteiger partial charge in [-0.3, -0.25) is 0 Å². The van der Waals surface area contributed by atoms with E-state index in [9.17, 15) is 0 Å². The van der Waals surface area contributed by atoms with Gasteiger partial charge in [-0.05, 0) is 57.7 Å². The van der Waals surface area contributed by atoms with Gasteiger partial charge in [0.15, 0.2) is 0 Å². The minimum absolute atomic E-state index is 0.186. The summed E-state index contributed by atoms with van der Waals surface area (Å²) in [5.41, 5.74) is 8.30. The van der Waals surface area contributed by atoms with Crippen LogP contribution >= 0.6 is 0 Å². The van der Waals surface area contributed by atoms with Crippen LogP contribution in [-0.2, 0) is 11.8 Å². The van der Waals surface area contributed by atoms with Crippen LogP contribution in [0.15, 0.2) is 72.3 Å². The first-order chi connectivity index (χ1) is 12.5. The summed E-state index contributed by atoms with van der Waals surface area (Å²) < 4.78 is 0. The molecule has 0 heteroatoms. The van der Waals surface area contributed by atoms with Gasteiger partial charge >= 0.3 is 0 Å². The second-order valence-corrected chi connectivity index (χ2v) is 8.17. The van der Waals surface area contributed by atoms with Gasteiger partial charge in [0.1, 0.15) is 0 Å². The zero-order valence-electron chi connectivity index (χ0n) is 16.5. The van der Waals surface area contributed by atoms with Gasteiger partial charge < -0.3 is 0 Å². The Morgan fingerprint density at radius 3 is 2.19 bits per heavy atom. The molecule has 2 aromatic rings. The molecule has 0 aliphatic heterocycles. The lowest BCUT2D eigenvalue weighted by molar-refractivity contribution is 0.590. The Balaban J connectivity index is 2.07. The van der Waals surface area contributed by atoms with Crippen molar-refractivity contribution < 1.29 is 0 Å². The topological polar surface area (TPSA) is 0 Å². The number of rotatable bonds is 5. The van der Waals surface area contributed by atoms with Gasteiger partial charge in [0, 0.05) is 0 Å². The van der Waals surface area contributed by atoms with Crippen molar-refractivity contribution in [1.29, 1.82) is 0 Å². The van der Waals surface area contributed by atoms with Crippen molar-refractivity contribution in [3.05, 3.63) is 89.0 Å². The third kappa shape index (κ3) is 4.25. The lowest BCUT2D eigenvalue weighted by atomic mass is 9.85. The molecule has 0 spiro atoms. The molecular formula is C26H30. The minimum Gasteiger partial charge on any atom is -0.0654 e. The fourth-order valence-corrected chi connectivity index (χ4v) is 3.42. The minimum atomic E-state index is 0.186. The molecule has 0 fully saturated rings. The number of hydrogen-bond donors (Lipinski definition) is 0. The molecule has 0 atom stereocenters. The summed E-state index contributed by atoms with van der Waals surface area (Å²) in [6.45, 7) is 9.06. The van der Waals surface area contributed by atoms with E-state index in [0.717, 1.165) is 6.42 Å². The predicted molar refractivity (Wildman–Crippen MR) is 115 cm³/mol. The lowest BCUT2D eigenvalue weighted by Gasteiger charge is -2.20. The standard InChI is InChI=1S/C26H30/c1-5-6-12-21-13-9-14-24(25(21)19-20-10-7-8-11-20)22-15-17-23(18-16-22)26(2,3)4/h7-11,13-19H,5-6,12H2,1-4H3. The number of hydrogen-bond acceptors (Lipinski definition) is 0. The molecule has 0 saturated heterocycles. The van der Waals surface area contributed by atoms with Crippen LogP contribution in [0.1, 0.15) is 57.2 Å². The molecule has 26 heavy (non-hydrogen) atoms. The van der Waals surface area contributed by atoms with Crippen molar-refractivity contribution in [3.63, 3.8) is 0 Å². The van der Waals surface area contributed by atoms with E-state index in [2.05, 4.69) is 101 Å². The second kappa shape index (κ2) is 7.91. The molecule has 3 rings (SSSR count). The van der Waals surface area contributed by atoms with Gasteiger partial charge in [-0.2, -0.15) is 0 Å². The highest BCUT2D eigenvalue weighted by Crippen LogP contribution is 2.32. The Hall–Kier alpha value is -2.34. The highest BCUT2D eigenvalue weighted by Gasteiger charge is 2.14. The van der Waals surface area contributed by atoms with Gasteiger partial charge in [0.2, 0.25) is 0 Å². The summed E-state index contributed by atoms with van der Waals surface area (Å²) in [5, 5.41) is 0. The third-order valence-electron chi connectivity index (χ3n) is 5.06. The van der Waals surface area contributed by atoms with Crippen molar-refractivity contribution in [3.8, 4) is 11.1 Å². The number of unbranched alkanes of at least 4 members (excludes halogenated alkanes) is 1. The molecule has 0 N–H and O–H groups in total. The molecule has 134 valence electrons. The third-order valence-corrected chi connectivity index (χ3v) is 5.06. The maximum absolute atomic E-state index is 2.35. The van der Waals surface area contributed by atoms with Crippen molar-refractivity contribution >= 4 is 6.08 Å². The molecular weight excluding hydrogens is 312 g/mol. The largest absolute Gasteiger partial charge is 0.0654 e. The predicted octanol–water partition coefficient (Wildman–Crippen LogP) is 7.50. The molecule has 1 aliphatic carbocycles. The van der Waals surface area contributed by atoms with Gasteiger partial charge in [-0.25, -0.2) is 0 Å². The van der Waals surface area contributed by atoms with E-state index in [1.54, 1.807) is 0 Å².